The molecule has 1 atom stereocenters. The third kappa shape index (κ3) is 3.30. The molecule has 0 unspecified atom stereocenters. The Morgan fingerprint density at radius 1 is 1.40 bits per heavy atom. The lowest BCUT2D eigenvalue weighted by Gasteiger charge is -2.04. The van der Waals surface area contributed by atoms with Crippen LogP contribution in [0.3, 0.4) is 0 Å². The highest BCUT2D eigenvalue weighted by atomic mass is 32.2. The van der Waals surface area contributed by atoms with E-state index in [-0.39, 0.29) is 5.22 Å². The van der Waals surface area contributed by atoms with Gasteiger partial charge in [0.2, 0.25) is 5.89 Å². The Labute approximate surface area is 120 Å². The zero-order valence-electron chi connectivity index (χ0n) is 11.1. The van der Waals surface area contributed by atoms with Gasteiger partial charge >= 0.3 is 5.97 Å². The molecule has 0 fully saturated rings. The van der Waals surface area contributed by atoms with Crippen molar-refractivity contribution in [1.82, 2.24) is 10.2 Å². The summed E-state index contributed by atoms with van der Waals surface area (Å²) in [6.45, 7) is 1.80. The molecule has 0 aliphatic heterocycles. The third-order valence-electron chi connectivity index (χ3n) is 2.63. The second-order valence-electron chi connectivity index (χ2n) is 3.95. The molecule has 20 heavy (non-hydrogen) atoms. The van der Waals surface area contributed by atoms with E-state index in [1.807, 2.05) is 0 Å². The highest BCUT2D eigenvalue weighted by molar-refractivity contribution is 8.00. The van der Waals surface area contributed by atoms with Crippen molar-refractivity contribution in [3.05, 3.63) is 24.3 Å². The number of hydrogen-bond donors (Lipinski definition) is 1. The normalized spacial score (nSPS) is 12.1. The van der Waals surface area contributed by atoms with E-state index >= 15 is 0 Å². The van der Waals surface area contributed by atoms with Gasteiger partial charge in [0.15, 0.2) is 0 Å². The van der Waals surface area contributed by atoms with Gasteiger partial charge in [-0.05, 0) is 30.7 Å². The second kappa shape index (κ2) is 6.42. The van der Waals surface area contributed by atoms with E-state index in [9.17, 15) is 4.79 Å². The molecule has 0 saturated heterocycles. The molecule has 2 aromatic rings. The summed E-state index contributed by atoms with van der Waals surface area (Å²) in [7, 11) is 1.59. The minimum absolute atomic E-state index is 0.255. The van der Waals surface area contributed by atoms with Crippen molar-refractivity contribution in [3.63, 3.8) is 0 Å². The minimum Gasteiger partial charge on any atom is -0.497 e. The number of methoxy groups -OCH3 is 1. The van der Waals surface area contributed by atoms with Crippen molar-refractivity contribution in [2.75, 3.05) is 7.11 Å². The Morgan fingerprint density at radius 2 is 2.10 bits per heavy atom. The van der Waals surface area contributed by atoms with Crippen LogP contribution in [0.15, 0.2) is 33.9 Å². The number of rotatable bonds is 6. The lowest BCUT2D eigenvalue weighted by Crippen LogP contribution is -2.14. The van der Waals surface area contributed by atoms with E-state index in [4.69, 9.17) is 14.3 Å². The quantitative estimate of drug-likeness (QED) is 0.820. The van der Waals surface area contributed by atoms with Gasteiger partial charge in [-0.3, -0.25) is 4.79 Å². The van der Waals surface area contributed by atoms with Gasteiger partial charge in [-0.1, -0.05) is 18.7 Å². The average molecular weight is 294 g/mol. The van der Waals surface area contributed by atoms with Gasteiger partial charge in [-0.25, -0.2) is 0 Å². The Bertz CT molecular complexity index is 582. The first-order valence-corrected chi connectivity index (χ1v) is 6.89. The molecule has 2 rings (SSSR count). The Kier molecular flexibility index (Phi) is 4.62. The van der Waals surface area contributed by atoms with Crippen LogP contribution in [0.5, 0.6) is 5.75 Å². The standard InChI is InChI=1S/C13H14N2O4S/c1-3-10(12(16)17)20-13-15-14-11(19-13)8-4-6-9(18-2)7-5-8/h4-7,10H,3H2,1-2H3,(H,16,17)/t10-/m0/s1. The van der Waals surface area contributed by atoms with Crippen LogP contribution in [0.25, 0.3) is 11.5 Å². The van der Waals surface area contributed by atoms with Crippen LogP contribution in [-0.2, 0) is 4.79 Å². The smallest absolute Gasteiger partial charge is 0.317 e. The number of ether oxygens (including phenoxy) is 1. The van der Waals surface area contributed by atoms with Gasteiger partial charge in [0.25, 0.3) is 5.22 Å². The number of benzene rings is 1. The number of carboxylic acid groups (broad SMARTS) is 1. The van der Waals surface area contributed by atoms with Gasteiger partial charge in [-0.15, -0.1) is 10.2 Å². The number of hydrogen-bond acceptors (Lipinski definition) is 6. The molecule has 7 heteroatoms. The van der Waals surface area contributed by atoms with Crippen LogP contribution < -0.4 is 4.74 Å². The fourth-order valence-electron chi connectivity index (χ4n) is 1.54. The summed E-state index contributed by atoms with van der Waals surface area (Å²) in [5, 5.41) is 16.4. The maximum absolute atomic E-state index is 11.0. The van der Waals surface area contributed by atoms with E-state index in [1.54, 1.807) is 38.3 Å². The number of carbonyl (C=O) groups is 1. The zero-order chi connectivity index (χ0) is 14.5. The van der Waals surface area contributed by atoms with Crippen molar-refractivity contribution in [1.29, 1.82) is 0 Å². The monoisotopic (exact) mass is 294 g/mol. The molecular weight excluding hydrogens is 280 g/mol. The summed E-state index contributed by atoms with van der Waals surface area (Å²) >= 11 is 1.06. The molecule has 1 aromatic heterocycles. The summed E-state index contributed by atoms with van der Waals surface area (Å²) in [5.41, 5.74) is 0.758. The van der Waals surface area contributed by atoms with E-state index in [0.29, 0.717) is 12.3 Å². The fourth-order valence-corrected chi connectivity index (χ4v) is 2.26. The number of nitrogens with zero attached hydrogens (tertiary/aromatic N) is 2. The van der Waals surface area contributed by atoms with E-state index in [2.05, 4.69) is 10.2 Å². The highest BCUT2D eigenvalue weighted by Gasteiger charge is 2.20. The van der Waals surface area contributed by atoms with Crippen LogP contribution >= 0.6 is 11.8 Å². The molecule has 1 N–H and O–H groups in total. The summed E-state index contributed by atoms with van der Waals surface area (Å²) in [6.07, 6.45) is 0.486. The first-order valence-electron chi connectivity index (χ1n) is 6.01. The van der Waals surface area contributed by atoms with Gasteiger partial charge in [-0.2, -0.15) is 0 Å². The Balaban J connectivity index is 2.13. The fraction of sp³-hybridized carbons (Fsp3) is 0.308. The topological polar surface area (TPSA) is 85.5 Å². The summed E-state index contributed by atoms with van der Waals surface area (Å²) in [5.74, 6) is 0.205. The SMILES string of the molecule is CC[C@H](Sc1nnc(-c2ccc(OC)cc2)o1)C(=O)O. The van der Waals surface area contributed by atoms with Gasteiger partial charge in [0.05, 0.1) is 7.11 Å². The predicted molar refractivity (Wildman–Crippen MR) is 73.9 cm³/mol. The van der Waals surface area contributed by atoms with E-state index < -0.39 is 11.2 Å². The van der Waals surface area contributed by atoms with Crippen LogP contribution in [0.1, 0.15) is 13.3 Å². The molecule has 0 aliphatic rings. The van der Waals surface area contributed by atoms with Crippen molar-refractivity contribution >= 4 is 17.7 Å². The average Bonchev–Trinajstić information content (AvgIpc) is 2.93. The second-order valence-corrected chi connectivity index (χ2v) is 5.11. The zero-order valence-corrected chi connectivity index (χ0v) is 11.9. The van der Waals surface area contributed by atoms with Gasteiger partial charge in [0.1, 0.15) is 11.0 Å². The number of aromatic nitrogens is 2. The lowest BCUT2D eigenvalue weighted by atomic mass is 10.2. The lowest BCUT2D eigenvalue weighted by molar-refractivity contribution is -0.136. The van der Waals surface area contributed by atoms with Crippen molar-refractivity contribution in [3.8, 4) is 17.2 Å². The van der Waals surface area contributed by atoms with Crippen molar-refractivity contribution < 1.29 is 19.1 Å². The first kappa shape index (κ1) is 14.4. The number of aliphatic carboxylic acids is 1. The van der Waals surface area contributed by atoms with E-state index in [1.165, 1.54) is 0 Å². The first-order chi connectivity index (χ1) is 9.63. The third-order valence-corrected chi connectivity index (χ3v) is 3.82. The molecule has 106 valence electrons. The van der Waals surface area contributed by atoms with Crippen LogP contribution in [0, 0.1) is 0 Å². The molecule has 1 aromatic carbocycles. The maximum Gasteiger partial charge on any atom is 0.317 e. The van der Waals surface area contributed by atoms with Gasteiger partial charge in [0, 0.05) is 5.56 Å². The van der Waals surface area contributed by atoms with E-state index in [0.717, 1.165) is 23.1 Å². The molecule has 0 aliphatic carbocycles. The molecule has 0 amide bonds. The largest absolute Gasteiger partial charge is 0.497 e. The molecular formula is C13H14N2O4S. The number of carboxylic acids is 1. The summed E-state index contributed by atoms with van der Waals surface area (Å²) in [4.78, 5) is 11.0. The van der Waals surface area contributed by atoms with Crippen LogP contribution in [-0.4, -0.2) is 33.6 Å². The molecule has 0 radical (unpaired) electrons. The van der Waals surface area contributed by atoms with Gasteiger partial charge < -0.3 is 14.3 Å². The molecule has 0 saturated carbocycles. The molecule has 0 spiro atoms. The Morgan fingerprint density at radius 3 is 2.65 bits per heavy atom. The maximum atomic E-state index is 11.0. The summed E-state index contributed by atoms with van der Waals surface area (Å²) in [6, 6.07) is 7.18. The van der Waals surface area contributed by atoms with Crippen molar-refractivity contribution in [2.24, 2.45) is 0 Å². The summed E-state index contributed by atoms with van der Waals surface area (Å²) < 4.78 is 10.5. The molecule has 6 nitrogen and oxygen atoms in total. The number of thioether (sulfide) groups is 1. The minimum atomic E-state index is -0.887. The van der Waals surface area contributed by atoms with Crippen molar-refractivity contribution in [2.45, 2.75) is 23.8 Å². The van der Waals surface area contributed by atoms with Crippen LogP contribution in [0.4, 0.5) is 0 Å². The Hall–Kier alpha value is -2.02. The highest BCUT2D eigenvalue weighted by Crippen LogP contribution is 2.28. The molecule has 1 heterocycles. The molecule has 0 bridgehead atoms. The predicted octanol–water partition coefficient (Wildman–Crippen LogP) is 2.70. The van der Waals surface area contributed by atoms with Crippen LogP contribution in [0.2, 0.25) is 0 Å².